The first-order chi connectivity index (χ1) is 14.1. The van der Waals surface area contributed by atoms with E-state index in [0.29, 0.717) is 6.54 Å². The molecule has 4 heteroatoms. The number of para-hydroxylation sites is 1. The van der Waals surface area contributed by atoms with Crippen molar-refractivity contribution < 1.29 is 4.79 Å². The highest BCUT2D eigenvalue weighted by molar-refractivity contribution is 5.91. The van der Waals surface area contributed by atoms with Crippen LogP contribution in [-0.2, 0) is 13.1 Å². The average molecular weight is 390 g/mol. The molecule has 1 heterocycles. The summed E-state index contributed by atoms with van der Waals surface area (Å²) in [6.07, 6.45) is 4.13. The largest absolute Gasteiger partial charge is 0.345 e. The van der Waals surface area contributed by atoms with Crippen LogP contribution in [0.25, 0.3) is 0 Å². The number of urea groups is 1. The van der Waals surface area contributed by atoms with Crippen LogP contribution in [0, 0.1) is 13.8 Å². The van der Waals surface area contributed by atoms with Crippen molar-refractivity contribution in [3.63, 3.8) is 0 Å². The average Bonchev–Trinajstić information content (AvgIpc) is 3.15. The molecule has 29 heavy (non-hydrogen) atoms. The highest BCUT2D eigenvalue weighted by Gasteiger charge is 2.17. The second kappa shape index (κ2) is 9.97. The third kappa shape index (κ3) is 5.50. The summed E-state index contributed by atoms with van der Waals surface area (Å²) in [6.45, 7) is 8.36. The number of aryl methyl sites for hydroxylation is 2. The van der Waals surface area contributed by atoms with E-state index in [1.165, 1.54) is 5.56 Å². The molecule has 0 aliphatic rings. The maximum Gasteiger partial charge on any atom is 0.322 e. The zero-order chi connectivity index (χ0) is 20.6. The minimum atomic E-state index is -0.0386. The van der Waals surface area contributed by atoms with Crippen molar-refractivity contribution in [1.82, 2.24) is 9.47 Å². The minimum absolute atomic E-state index is 0.0386. The Morgan fingerprint density at radius 2 is 1.69 bits per heavy atom. The van der Waals surface area contributed by atoms with Gasteiger partial charge in [-0.1, -0.05) is 61.9 Å². The van der Waals surface area contributed by atoms with Crippen LogP contribution in [0.1, 0.15) is 42.1 Å². The maximum absolute atomic E-state index is 13.1. The number of rotatable bonds is 8. The third-order valence-electron chi connectivity index (χ3n) is 5.25. The van der Waals surface area contributed by atoms with Crippen molar-refractivity contribution in [3.8, 4) is 0 Å². The van der Waals surface area contributed by atoms with E-state index in [0.717, 1.165) is 48.4 Å². The second-order valence-corrected chi connectivity index (χ2v) is 7.59. The summed E-state index contributed by atoms with van der Waals surface area (Å²) in [6, 6.07) is 20.6. The second-order valence-electron chi connectivity index (χ2n) is 7.59. The van der Waals surface area contributed by atoms with Gasteiger partial charge in [-0.05, 0) is 49.1 Å². The number of benzene rings is 2. The van der Waals surface area contributed by atoms with Crippen LogP contribution in [-0.4, -0.2) is 22.0 Å². The van der Waals surface area contributed by atoms with Crippen LogP contribution in [0.2, 0.25) is 0 Å². The molecule has 4 nitrogen and oxygen atoms in total. The highest BCUT2D eigenvalue weighted by Crippen LogP contribution is 2.21. The van der Waals surface area contributed by atoms with E-state index in [4.69, 9.17) is 0 Å². The van der Waals surface area contributed by atoms with Gasteiger partial charge in [-0.2, -0.15) is 0 Å². The summed E-state index contributed by atoms with van der Waals surface area (Å²) in [5.41, 5.74) is 5.48. The van der Waals surface area contributed by atoms with Gasteiger partial charge in [0.25, 0.3) is 0 Å². The molecular weight excluding hydrogens is 358 g/mol. The molecule has 0 spiro atoms. The summed E-state index contributed by atoms with van der Waals surface area (Å²) in [5, 5.41) is 3.15. The van der Waals surface area contributed by atoms with E-state index >= 15 is 0 Å². The van der Waals surface area contributed by atoms with Gasteiger partial charge in [-0.3, -0.25) is 0 Å². The number of nitrogens with zero attached hydrogens (tertiary/aromatic N) is 2. The van der Waals surface area contributed by atoms with Gasteiger partial charge in [0.2, 0.25) is 0 Å². The Morgan fingerprint density at radius 3 is 2.38 bits per heavy atom. The number of unbranched alkanes of at least 4 members (excludes halogenated alkanes) is 1. The van der Waals surface area contributed by atoms with Gasteiger partial charge in [0.05, 0.1) is 6.54 Å². The quantitative estimate of drug-likeness (QED) is 0.505. The van der Waals surface area contributed by atoms with Crippen LogP contribution < -0.4 is 5.32 Å². The topological polar surface area (TPSA) is 37.3 Å². The smallest absolute Gasteiger partial charge is 0.322 e. The van der Waals surface area contributed by atoms with Gasteiger partial charge in [0.1, 0.15) is 0 Å². The number of hydrogen-bond acceptors (Lipinski definition) is 1. The number of nitrogens with one attached hydrogen (secondary N) is 1. The van der Waals surface area contributed by atoms with E-state index in [1.54, 1.807) is 0 Å². The number of amides is 2. The van der Waals surface area contributed by atoms with Gasteiger partial charge in [0, 0.05) is 30.7 Å². The van der Waals surface area contributed by atoms with Crippen molar-refractivity contribution in [2.45, 2.75) is 46.7 Å². The van der Waals surface area contributed by atoms with Crippen molar-refractivity contribution in [2.24, 2.45) is 0 Å². The van der Waals surface area contributed by atoms with Gasteiger partial charge >= 0.3 is 6.03 Å². The molecule has 0 radical (unpaired) electrons. The Balaban J connectivity index is 1.76. The van der Waals surface area contributed by atoms with Crippen molar-refractivity contribution in [1.29, 1.82) is 0 Å². The molecule has 0 atom stereocenters. The molecule has 0 saturated heterocycles. The number of carbonyl (C=O) groups is 1. The zero-order valence-electron chi connectivity index (χ0n) is 17.7. The van der Waals surface area contributed by atoms with Crippen molar-refractivity contribution in [3.05, 3.63) is 89.2 Å². The summed E-state index contributed by atoms with van der Waals surface area (Å²) < 4.78 is 2.22. The summed E-state index contributed by atoms with van der Waals surface area (Å²) in [4.78, 5) is 15.0. The molecule has 3 aromatic rings. The lowest BCUT2D eigenvalue weighted by atomic mass is 10.1. The molecule has 0 fully saturated rings. The number of aromatic nitrogens is 1. The van der Waals surface area contributed by atoms with Crippen molar-refractivity contribution in [2.75, 3.05) is 11.9 Å². The fraction of sp³-hybridized carbons (Fsp3) is 0.320. The van der Waals surface area contributed by atoms with Crippen LogP contribution in [0.3, 0.4) is 0 Å². The predicted octanol–water partition coefficient (Wildman–Crippen LogP) is 5.99. The van der Waals surface area contributed by atoms with Gasteiger partial charge < -0.3 is 14.8 Å². The fourth-order valence-electron chi connectivity index (χ4n) is 3.52. The number of anilines is 1. The van der Waals surface area contributed by atoms with Gasteiger partial charge in [-0.15, -0.1) is 0 Å². The van der Waals surface area contributed by atoms with E-state index in [9.17, 15) is 4.79 Å². The Hall–Kier alpha value is -3.01. The monoisotopic (exact) mass is 389 g/mol. The molecule has 2 aromatic carbocycles. The molecule has 1 aromatic heterocycles. The summed E-state index contributed by atoms with van der Waals surface area (Å²) in [7, 11) is 0. The molecule has 0 aliphatic heterocycles. The first-order valence-corrected chi connectivity index (χ1v) is 10.4. The minimum Gasteiger partial charge on any atom is -0.345 e. The zero-order valence-corrected chi connectivity index (χ0v) is 17.7. The first-order valence-electron chi connectivity index (χ1n) is 10.4. The van der Waals surface area contributed by atoms with E-state index < -0.39 is 0 Å². The molecule has 1 N–H and O–H groups in total. The Labute approximate surface area is 174 Å². The SMILES string of the molecule is CCCCN(Cc1cccn1Cc1ccccc1)C(=O)Nc1c(C)cccc1C. The Kier molecular flexibility index (Phi) is 7.12. The highest BCUT2D eigenvalue weighted by atomic mass is 16.2. The molecule has 0 aliphatic carbocycles. The maximum atomic E-state index is 13.1. The first kappa shape index (κ1) is 20.7. The molecule has 0 bridgehead atoms. The standard InChI is InChI=1S/C25H31N3O/c1-4-5-16-28(25(29)26-24-20(2)11-9-12-21(24)3)19-23-15-10-17-27(23)18-22-13-7-6-8-14-22/h6-15,17H,4-5,16,18-19H2,1-3H3,(H,26,29). The Morgan fingerprint density at radius 1 is 0.966 bits per heavy atom. The predicted molar refractivity (Wildman–Crippen MR) is 120 cm³/mol. The molecule has 152 valence electrons. The number of carbonyl (C=O) groups excluding carboxylic acids is 1. The lowest BCUT2D eigenvalue weighted by Crippen LogP contribution is -2.36. The third-order valence-corrected chi connectivity index (χ3v) is 5.25. The van der Waals surface area contributed by atoms with Gasteiger partial charge in [0.15, 0.2) is 0 Å². The Bertz CT molecular complexity index is 910. The van der Waals surface area contributed by atoms with Crippen LogP contribution in [0.15, 0.2) is 66.9 Å². The normalized spacial score (nSPS) is 10.7. The van der Waals surface area contributed by atoms with Crippen molar-refractivity contribution >= 4 is 11.7 Å². The van der Waals surface area contributed by atoms with E-state index in [1.807, 2.05) is 43.0 Å². The molecule has 0 saturated carbocycles. The van der Waals surface area contributed by atoms with E-state index in [2.05, 4.69) is 59.4 Å². The van der Waals surface area contributed by atoms with Crippen LogP contribution in [0.4, 0.5) is 10.5 Å². The van der Waals surface area contributed by atoms with E-state index in [-0.39, 0.29) is 6.03 Å². The fourth-order valence-corrected chi connectivity index (χ4v) is 3.52. The summed E-state index contributed by atoms with van der Waals surface area (Å²) in [5.74, 6) is 0. The molecule has 2 amide bonds. The number of hydrogen-bond donors (Lipinski definition) is 1. The lowest BCUT2D eigenvalue weighted by Gasteiger charge is -2.25. The molecule has 3 rings (SSSR count). The molecular formula is C25H31N3O. The van der Waals surface area contributed by atoms with Gasteiger partial charge in [-0.25, -0.2) is 4.79 Å². The molecule has 0 unspecified atom stereocenters. The van der Waals surface area contributed by atoms with Crippen LogP contribution >= 0.6 is 0 Å². The summed E-state index contributed by atoms with van der Waals surface area (Å²) >= 11 is 0. The lowest BCUT2D eigenvalue weighted by molar-refractivity contribution is 0.207. The van der Waals surface area contributed by atoms with Crippen LogP contribution in [0.5, 0.6) is 0 Å².